The lowest BCUT2D eigenvalue weighted by molar-refractivity contribution is 0.793. The Morgan fingerprint density at radius 3 is 1.94 bits per heavy atom. The number of halogens is 2. The van der Waals surface area contributed by atoms with Crippen LogP contribution in [0.5, 0.6) is 0 Å². The van der Waals surface area contributed by atoms with Crippen molar-refractivity contribution in [3.63, 3.8) is 0 Å². The molecule has 0 bridgehead atoms. The number of nitrogens with one attached hydrogen (secondary N) is 2. The van der Waals surface area contributed by atoms with Crippen molar-refractivity contribution in [1.82, 2.24) is 25.0 Å². The minimum atomic E-state index is -0.102. The van der Waals surface area contributed by atoms with E-state index in [1.165, 1.54) is 5.56 Å². The fourth-order valence-electron chi connectivity index (χ4n) is 4.43. The van der Waals surface area contributed by atoms with Crippen molar-refractivity contribution in [3.05, 3.63) is 111 Å². The largest absolute Gasteiger partial charge is 0.361 e. The highest BCUT2D eigenvalue weighted by Gasteiger charge is 2.26. The number of aromatic nitrogens is 5. The molecule has 0 saturated carbocycles. The molecule has 0 aliphatic heterocycles. The lowest BCUT2D eigenvalue weighted by atomic mass is 9.88. The van der Waals surface area contributed by atoms with Gasteiger partial charge in [0, 0.05) is 43.1 Å². The van der Waals surface area contributed by atoms with Crippen LogP contribution in [-0.4, -0.2) is 25.0 Å². The summed E-state index contributed by atoms with van der Waals surface area (Å²) in [6, 6.07) is 20.9. The normalized spacial score (nSPS) is 11.8. The molecule has 162 valence electrons. The van der Waals surface area contributed by atoms with Crippen LogP contribution in [0.1, 0.15) is 28.3 Å². The van der Waals surface area contributed by atoms with Crippen LogP contribution in [-0.2, 0) is 0 Å². The Kier molecular flexibility index (Phi) is 4.96. The first-order valence-electron chi connectivity index (χ1n) is 10.6. The van der Waals surface area contributed by atoms with E-state index in [4.69, 9.17) is 0 Å². The summed E-state index contributed by atoms with van der Waals surface area (Å²) in [6.07, 6.45) is 6.20. The Labute approximate surface area is 207 Å². The Morgan fingerprint density at radius 1 is 0.788 bits per heavy atom. The molecule has 2 N–H and O–H groups in total. The van der Waals surface area contributed by atoms with Crippen molar-refractivity contribution in [2.24, 2.45) is 0 Å². The smallest absolute Gasteiger partial charge is 0.0952 e. The van der Waals surface area contributed by atoms with Crippen LogP contribution < -0.4 is 0 Å². The Morgan fingerprint density at radius 2 is 1.36 bits per heavy atom. The molecule has 0 saturated heterocycles. The van der Waals surface area contributed by atoms with Gasteiger partial charge in [-0.2, -0.15) is 0 Å². The number of aromatic amines is 2. The monoisotopic (exact) mass is 559 g/mol. The fraction of sp³-hybridized carbons (Fsp3) is 0.0769. The highest BCUT2D eigenvalue weighted by atomic mass is 79.9. The maximum Gasteiger partial charge on any atom is 0.0952 e. The summed E-state index contributed by atoms with van der Waals surface area (Å²) in [5.74, 6) is -0.102. The maximum atomic E-state index is 4.65. The van der Waals surface area contributed by atoms with Crippen molar-refractivity contribution < 1.29 is 0 Å². The van der Waals surface area contributed by atoms with Crippen molar-refractivity contribution >= 4 is 53.7 Å². The van der Waals surface area contributed by atoms with Gasteiger partial charge in [0.2, 0.25) is 0 Å². The first kappa shape index (κ1) is 20.4. The number of benzene rings is 3. The second-order valence-electron chi connectivity index (χ2n) is 8.22. The van der Waals surface area contributed by atoms with E-state index in [1.807, 2.05) is 23.0 Å². The predicted octanol–water partition coefficient (Wildman–Crippen LogP) is 7.24. The lowest BCUT2D eigenvalue weighted by Crippen LogP contribution is -2.03. The average Bonchev–Trinajstić information content (AvgIpc) is 3.55. The average molecular weight is 561 g/mol. The second kappa shape index (κ2) is 8.01. The summed E-state index contributed by atoms with van der Waals surface area (Å²) in [7, 11) is 0. The van der Waals surface area contributed by atoms with Gasteiger partial charge < -0.3 is 9.97 Å². The van der Waals surface area contributed by atoms with Gasteiger partial charge in [-0.05, 0) is 66.6 Å². The van der Waals surface area contributed by atoms with Gasteiger partial charge in [-0.3, -0.25) is 0 Å². The number of H-pyrrole nitrogens is 2. The Bertz CT molecular complexity index is 1530. The molecule has 3 heterocycles. The van der Waals surface area contributed by atoms with Crippen LogP contribution in [0.2, 0.25) is 0 Å². The molecule has 7 heteroatoms. The number of aryl methyl sites for hydroxylation is 1. The zero-order valence-electron chi connectivity index (χ0n) is 17.7. The minimum absolute atomic E-state index is 0.102. The molecule has 0 radical (unpaired) electrons. The number of hydrogen-bond acceptors (Lipinski definition) is 2. The van der Waals surface area contributed by atoms with Crippen LogP contribution >= 0.6 is 31.9 Å². The topological polar surface area (TPSA) is 62.3 Å². The first-order valence-corrected chi connectivity index (χ1v) is 12.2. The predicted molar refractivity (Wildman–Crippen MR) is 139 cm³/mol. The molecular formula is C26H19Br2N5. The van der Waals surface area contributed by atoms with Gasteiger partial charge in [-0.25, -0.2) is 4.68 Å². The molecule has 0 spiro atoms. The van der Waals surface area contributed by atoms with Crippen LogP contribution in [0.25, 0.3) is 27.5 Å². The van der Waals surface area contributed by atoms with Crippen LogP contribution in [0.3, 0.4) is 0 Å². The molecule has 0 unspecified atom stereocenters. The summed E-state index contributed by atoms with van der Waals surface area (Å²) >= 11 is 7.27. The minimum Gasteiger partial charge on any atom is -0.361 e. The summed E-state index contributed by atoms with van der Waals surface area (Å²) < 4.78 is 3.93. The summed E-state index contributed by atoms with van der Waals surface area (Å²) in [5.41, 5.74) is 7.58. The van der Waals surface area contributed by atoms with Crippen molar-refractivity contribution in [2.75, 3.05) is 0 Å². The highest BCUT2D eigenvalue weighted by molar-refractivity contribution is 9.10. The first-order chi connectivity index (χ1) is 16.1. The SMILES string of the molecule is Cc1ccc(-n2cc(C(c3c[nH]c4ccc(Br)cc34)c3c[nH]c4ccc(Br)cc34)nn2)cc1. The summed E-state index contributed by atoms with van der Waals surface area (Å²) in [4.78, 5) is 6.87. The molecule has 6 rings (SSSR count). The van der Waals surface area contributed by atoms with Gasteiger partial charge >= 0.3 is 0 Å². The molecule has 3 aromatic carbocycles. The molecule has 0 fully saturated rings. The van der Waals surface area contributed by atoms with Crippen LogP contribution in [0, 0.1) is 6.92 Å². The molecule has 5 nitrogen and oxygen atoms in total. The zero-order valence-corrected chi connectivity index (χ0v) is 20.9. The Balaban J connectivity index is 1.57. The number of rotatable bonds is 4. The maximum absolute atomic E-state index is 4.65. The van der Waals surface area contributed by atoms with E-state index in [1.54, 1.807) is 0 Å². The molecule has 0 aliphatic rings. The lowest BCUT2D eigenvalue weighted by Gasteiger charge is -2.14. The molecule has 0 atom stereocenters. The molecule has 6 aromatic rings. The van der Waals surface area contributed by atoms with E-state index < -0.39 is 0 Å². The van der Waals surface area contributed by atoms with Gasteiger partial charge in [-0.15, -0.1) is 5.10 Å². The van der Waals surface area contributed by atoms with E-state index in [2.05, 4.69) is 120 Å². The number of nitrogens with zero attached hydrogens (tertiary/aromatic N) is 3. The standard InChI is InChI=1S/C26H19Br2N5/c1-15-2-6-18(7-3-15)33-14-25(31-32-33)26(21-12-29-23-8-4-16(27)10-19(21)23)22-13-30-24-9-5-17(28)11-20(22)24/h2-14,26,29-30H,1H3. The molecule has 3 aromatic heterocycles. The zero-order chi connectivity index (χ0) is 22.5. The Hall–Kier alpha value is -3.16. The third-order valence-electron chi connectivity index (χ3n) is 6.08. The third-order valence-corrected chi connectivity index (χ3v) is 7.07. The van der Waals surface area contributed by atoms with Crippen molar-refractivity contribution in [1.29, 1.82) is 0 Å². The van der Waals surface area contributed by atoms with Gasteiger partial charge in [0.15, 0.2) is 0 Å². The molecule has 0 aliphatic carbocycles. The van der Waals surface area contributed by atoms with Crippen molar-refractivity contribution in [3.8, 4) is 5.69 Å². The fourth-order valence-corrected chi connectivity index (χ4v) is 5.15. The van der Waals surface area contributed by atoms with Gasteiger partial charge in [0.05, 0.1) is 23.5 Å². The van der Waals surface area contributed by atoms with Crippen LogP contribution in [0.4, 0.5) is 0 Å². The van der Waals surface area contributed by atoms with E-state index >= 15 is 0 Å². The molecule has 0 amide bonds. The highest BCUT2D eigenvalue weighted by Crippen LogP contribution is 2.39. The van der Waals surface area contributed by atoms with Crippen molar-refractivity contribution in [2.45, 2.75) is 12.8 Å². The molecular weight excluding hydrogens is 542 g/mol. The number of hydrogen-bond donors (Lipinski definition) is 2. The quantitative estimate of drug-likeness (QED) is 0.238. The van der Waals surface area contributed by atoms with Gasteiger partial charge in [0.1, 0.15) is 0 Å². The molecule has 33 heavy (non-hydrogen) atoms. The van der Waals surface area contributed by atoms with Gasteiger partial charge in [-0.1, -0.05) is 54.8 Å². The van der Waals surface area contributed by atoms with Crippen LogP contribution in [0.15, 0.2) is 88.2 Å². The van der Waals surface area contributed by atoms with E-state index in [-0.39, 0.29) is 5.92 Å². The summed E-state index contributed by atoms with van der Waals surface area (Å²) in [5, 5.41) is 11.4. The van der Waals surface area contributed by atoms with E-state index in [0.717, 1.165) is 53.3 Å². The third kappa shape index (κ3) is 3.61. The van der Waals surface area contributed by atoms with Gasteiger partial charge in [0.25, 0.3) is 0 Å². The van der Waals surface area contributed by atoms with E-state index in [0.29, 0.717) is 0 Å². The van der Waals surface area contributed by atoms with E-state index in [9.17, 15) is 0 Å². The number of fused-ring (bicyclic) bond motifs is 2. The summed E-state index contributed by atoms with van der Waals surface area (Å²) in [6.45, 7) is 2.08. The second-order valence-corrected chi connectivity index (χ2v) is 10.1.